The van der Waals surface area contributed by atoms with Crippen molar-refractivity contribution in [1.29, 1.82) is 0 Å². The maximum Gasteiger partial charge on any atom is 0.187 e. The zero-order valence-corrected chi connectivity index (χ0v) is 11.5. The largest absolute Gasteiger partial charge is 0.398 e. The zero-order valence-electron chi connectivity index (χ0n) is 10.8. The summed E-state index contributed by atoms with van der Waals surface area (Å²) in [6.45, 7) is 1.94. The average Bonchev–Trinajstić information content (AvgIpc) is 2.93. The van der Waals surface area contributed by atoms with Crippen molar-refractivity contribution in [3.8, 4) is 17.1 Å². The molecule has 0 saturated carbocycles. The Labute approximate surface area is 121 Å². The van der Waals surface area contributed by atoms with Crippen LogP contribution < -0.4 is 5.73 Å². The number of nitrogens with two attached hydrogens (primary N) is 1. The third-order valence-electron chi connectivity index (χ3n) is 3.04. The minimum Gasteiger partial charge on any atom is -0.398 e. The van der Waals surface area contributed by atoms with E-state index in [9.17, 15) is 0 Å². The fourth-order valence-corrected chi connectivity index (χ4v) is 2.20. The van der Waals surface area contributed by atoms with E-state index in [1.54, 1.807) is 10.7 Å². The van der Waals surface area contributed by atoms with Gasteiger partial charge in [-0.25, -0.2) is 0 Å². The highest BCUT2D eigenvalue weighted by atomic mass is 35.5. The van der Waals surface area contributed by atoms with Gasteiger partial charge in [0, 0.05) is 5.56 Å². The fourth-order valence-electron chi connectivity index (χ4n) is 2.04. The zero-order chi connectivity index (χ0) is 14.1. The monoisotopic (exact) mass is 285 g/mol. The molecule has 0 atom stereocenters. The van der Waals surface area contributed by atoms with Crippen molar-refractivity contribution in [2.75, 3.05) is 5.73 Å². The first kappa shape index (κ1) is 12.6. The Balaban J connectivity index is 2.18. The molecule has 20 heavy (non-hydrogen) atoms. The van der Waals surface area contributed by atoms with Crippen molar-refractivity contribution in [3.05, 3.63) is 53.1 Å². The van der Waals surface area contributed by atoms with E-state index in [2.05, 4.69) is 15.5 Å². The number of hydrogen-bond acceptors (Lipinski definition) is 4. The predicted molar refractivity (Wildman–Crippen MR) is 78.7 cm³/mol. The molecule has 2 N–H and O–H groups in total. The molecule has 1 aromatic heterocycles. The number of rotatable bonds is 2. The topological polar surface area (TPSA) is 69.6 Å². The van der Waals surface area contributed by atoms with Crippen molar-refractivity contribution in [3.63, 3.8) is 0 Å². The number of nitrogen functional groups attached to an aromatic ring is 1. The molecule has 0 fully saturated rings. The van der Waals surface area contributed by atoms with Gasteiger partial charge in [0.15, 0.2) is 5.82 Å². The summed E-state index contributed by atoms with van der Waals surface area (Å²) in [6.07, 6.45) is 0. The van der Waals surface area contributed by atoms with Gasteiger partial charge in [-0.05, 0) is 35.0 Å². The van der Waals surface area contributed by atoms with Gasteiger partial charge in [-0.2, -0.15) is 4.68 Å². The molecule has 3 rings (SSSR count). The van der Waals surface area contributed by atoms with E-state index in [1.165, 1.54) is 0 Å². The average molecular weight is 286 g/mol. The van der Waals surface area contributed by atoms with Gasteiger partial charge < -0.3 is 5.73 Å². The third kappa shape index (κ3) is 2.12. The van der Waals surface area contributed by atoms with E-state index in [4.69, 9.17) is 17.3 Å². The molecule has 0 aliphatic rings. The Morgan fingerprint density at radius 1 is 1.15 bits per heavy atom. The molecule has 0 spiro atoms. The SMILES string of the molecule is Cc1cc(N)c(Cl)cc1-n1nnnc1-c1ccccc1. The Kier molecular flexibility index (Phi) is 3.12. The van der Waals surface area contributed by atoms with Crippen LogP contribution in [0.25, 0.3) is 17.1 Å². The van der Waals surface area contributed by atoms with Crippen LogP contribution in [-0.2, 0) is 0 Å². The highest BCUT2D eigenvalue weighted by Gasteiger charge is 2.13. The summed E-state index contributed by atoms with van der Waals surface area (Å²) in [5.41, 5.74) is 9.05. The Bertz CT molecular complexity index is 752. The van der Waals surface area contributed by atoms with Crippen LogP contribution in [0.1, 0.15) is 5.56 Å². The second-order valence-electron chi connectivity index (χ2n) is 4.44. The lowest BCUT2D eigenvalue weighted by Crippen LogP contribution is -2.03. The van der Waals surface area contributed by atoms with Crippen LogP contribution in [0.5, 0.6) is 0 Å². The van der Waals surface area contributed by atoms with Crippen LogP contribution >= 0.6 is 11.6 Å². The number of hydrogen-bond donors (Lipinski definition) is 1. The first-order chi connectivity index (χ1) is 9.66. The molecule has 2 aromatic carbocycles. The van der Waals surface area contributed by atoms with Crippen molar-refractivity contribution in [2.24, 2.45) is 0 Å². The molecule has 0 aliphatic heterocycles. The summed E-state index contributed by atoms with van der Waals surface area (Å²) in [4.78, 5) is 0. The maximum absolute atomic E-state index is 6.09. The second-order valence-corrected chi connectivity index (χ2v) is 4.85. The van der Waals surface area contributed by atoms with Crippen LogP contribution in [0.3, 0.4) is 0 Å². The van der Waals surface area contributed by atoms with Crippen molar-refractivity contribution < 1.29 is 0 Å². The Hall–Kier alpha value is -2.40. The van der Waals surface area contributed by atoms with Crippen LogP contribution in [0.15, 0.2) is 42.5 Å². The summed E-state index contributed by atoms with van der Waals surface area (Å²) in [6, 6.07) is 13.3. The number of aryl methyl sites for hydroxylation is 1. The molecule has 0 bridgehead atoms. The van der Waals surface area contributed by atoms with E-state index in [-0.39, 0.29) is 0 Å². The molecule has 6 heteroatoms. The van der Waals surface area contributed by atoms with E-state index >= 15 is 0 Å². The Morgan fingerprint density at radius 3 is 2.65 bits per heavy atom. The highest BCUT2D eigenvalue weighted by Crippen LogP contribution is 2.27. The number of anilines is 1. The van der Waals surface area contributed by atoms with Crippen LogP contribution in [-0.4, -0.2) is 20.2 Å². The number of tetrazole rings is 1. The molecule has 0 amide bonds. The van der Waals surface area contributed by atoms with Gasteiger partial charge in [-0.3, -0.25) is 0 Å². The molecule has 5 nitrogen and oxygen atoms in total. The first-order valence-corrected chi connectivity index (χ1v) is 6.44. The third-order valence-corrected chi connectivity index (χ3v) is 3.37. The van der Waals surface area contributed by atoms with Gasteiger partial charge in [0.1, 0.15) is 0 Å². The second kappa shape index (κ2) is 4.94. The van der Waals surface area contributed by atoms with Crippen LogP contribution in [0.4, 0.5) is 5.69 Å². The summed E-state index contributed by atoms with van der Waals surface area (Å²) in [5, 5.41) is 12.4. The first-order valence-electron chi connectivity index (χ1n) is 6.06. The van der Waals surface area contributed by atoms with E-state index < -0.39 is 0 Å². The molecular weight excluding hydrogens is 274 g/mol. The van der Waals surface area contributed by atoms with Crippen molar-refractivity contribution in [1.82, 2.24) is 20.2 Å². The minimum absolute atomic E-state index is 0.486. The van der Waals surface area contributed by atoms with Crippen molar-refractivity contribution >= 4 is 17.3 Å². The molecule has 100 valence electrons. The smallest absolute Gasteiger partial charge is 0.187 e. The predicted octanol–water partition coefficient (Wildman–Crippen LogP) is 2.87. The standard InChI is InChI=1S/C14H12ClN5/c1-9-7-12(16)11(15)8-13(9)20-14(17-18-19-20)10-5-3-2-4-6-10/h2-8H,16H2,1H3. The van der Waals surface area contributed by atoms with Gasteiger partial charge in [0.05, 0.1) is 16.4 Å². The van der Waals surface area contributed by atoms with Gasteiger partial charge in [0.2, 0.25) is 0 Å². The summed E-state index contributed by atoms with van der Waals surface area (Å²) >= 11 is 6.09. The van der Waals surface area contributed by atoms with E-state index in [0.29, 0.717) is 16.5 Å². The van der Waals surface area contributed by atoms with Gasteiger partial charge in [-0.1, -0.05) is 41.9 Å². The molecular formula is C14H12ClN5. The van der Waals surface area contributed by atoms with E-state index in [1.807, 2.05) is 43.3 Å². The summed E-state index contributed by atoms with van der Waals surface area (Å²) in [7, 11) is 0. The van der Waals surface area contributed by atoms with Crippen LogP contribution in [0.2, 0.25) is 5.02 Å². The molecule has 0 saturated heterocycles. The Morgan fingerprint density at radius 2 is 1.90 bits per heavy atom. The molecule has 3 aromatic rings. The molecule has 0 radical (unpaired) electrons. The van der Waals surface area contributed by atoms with Gasteiger partial charge in [0.25, 0.3) is 0 Å². The van der Waals surface area contributed by atoms with E-state index in [0.717, 1.165) is 16.8 Å². The van der Waals surface area contributed by atoms with Crippen LogP contribution in [0, 0.1) is 6.92 Å². The lowest BCUT2D eigenvalue weighted by atomic mass is 10.1. The number of aromatic nitrogens is 4. The number of nitrogens with zero attached hydrogens (tertiary/aromatic N) is 4. The van der Waals surface area contributed by atoms with Crippen molar-refractivity contribution in [2.45, 2.75) is 6.92 Å². The molecule has 0 unspecified atom stereocenters. The lowest BCUT2D eigenvalue weighted by molar-refractivity contribution is 0.787. The fraction of sp³-hybridized carbons (Fsp3) is 0.0714. The summed E-state index contributed by atoms with van der Waals surface area (Å²) in [5.74, 6) is 0.662. The van der Waals surface area contributed by atoms with Gasteiger partial charge >= 0.3 is 0 Å². The quantitative estimate of drug-likeness (QED) is 0.735. The lowest BCUT2D eigenvalue weighted by Gasteiger charge is -2.10. The molecule has 0 aliphatic carbocycles. The normalized spacial score (nSPS) is 10.7. The highest BCUT2D eigenvalue weighted by molar-refractivity contribution is 6.33. The molecule has 1 heterocycles. The minimum atomic E-state index is 0.486. The summed E-state index contributed by atoms with van der Waals surface area (Å²) < 4.78 is 1.66. The van der Waals surface area contributed by atoms with Gasteiger partial charge in [-0.15, -0.1) is 5.10 Å². The maximum atomic E-state index is 6.09. The number of halogens is 1. The number of benzene rings is 2.